The molecule has 0 saturated heterocycles. The highest BCUT2D eigenvalue weighted by Gasteiger charge is 2.16. The molecule has 0 aromatic heterocycles. The van der Waals surface area contributed by atoms with Crippen molar-refractivity contribution in [2.45, 2.75) is 63.7 Å². The summed E-state index contributed by atoms with van der Waals surface area (Å²) in [5.41, 5.74) is 2.36. The molecule has 0 bridgehead atoms. The highest BCUT2D eigenvalue weighted by atomic mass is 32.2. The average Bonchev–Trinajstić information content (AvgIpc) is 2.61. The quantitative estimate of drug-likeness (QED) is 0.413. The van der Waals surface area contributed by atoms with Crippen molar-refractivity contribution in [2.24, 2.45) is 0 Å². The van der Waals surface area contributed by atoms with E-state index in [-0.39, 0.29) is 4.90 Å². The van der Waals surface area contributed by atoms with Gasteiger partial charge in [-0.05, 0) is 61.1 Å². The summed E-state index contributed by atoms with van der Waals surface area (Å²) in [5.74, 6) is 0.354. The van der Waals surface area contributed by atoms with Crippen LogP contribution in [0.15, 0.2) is 53.4 Å². The number of benzene rings is 2. The summed E-state index contributed by atoms with van der Waals surface area (Å²) < 4.78 is 30.1. The molecule has 0 radical (unpaired) electrons. The first-order valence-corrected chi connectivity index (χ1v) is 10.6. The van der Waals surface area contributed by atoms with Crippen molar-refractivity contribution in [3.8, 4) is 5.75 Å². The van der Waals surface area contributed by atoms with Crippen molar-refractivity contribution < 1.29 is 12.6 Å². The third-order valence-corrected chi connectivity index (χ3v) is 5.49. The molecule has 0 spiro atoms. The van der Waals surface area contributed by atoms with E-state index in [0.717, 1.165) is 37.7 Å². The molecule has 0 aliphatic heterocycles. The molecule has 0 aliphatic carbocycles. The molecular weight excluding hydrogens is 332 g/mol. The zero-order valence-corrected chi connectivity index (χ0v) is 16.0. The van der Waals surface area contributed by atoms with Crippen LogP contribution in [0.4, 0.5) is 0 Å². The lowest BCUT2D eigenvalue weighted by atomic mass is 10.1. The second-order valence-electron chi connectivity index (χ2n) is 6.39. The predicted molar refractivity (Wildman–Crippen MR) is 103 cm³/mol. The predicted octanol–water partition coefficient (Wildman–Crippen LogP) is 5.53. The summed E-state index contributed by atoms with van der Waals surface area (Å²) in [4.78, 5) is 0.196. The van der Waals surface area contributed by atoms with E-state index in [0.29, 0.717) is 5.75 Å². The number of hydrogen-bond donors (Lipinski definition) is 0. The van der Waals surface area contributed by atoms with E-state index in [1.165, 1.54) is 18.4 Å². The van der Waals surface area contributed by atoms with E-state index in [4.69, 9.17) is 4.18 Å². The topological polar surface area (TPSA) is 43.4 Å². The van der Waals surface area contributed by atoms with Gasteiger partial charge >= 0.3 is 10.1 Å². The molecule has 0 saturated carbocycles. The zero-order chi connectivity index (χ0) is 18.1. The highest BCUT2D eigenvalue weighted by molar-refractivity contribution is 7.87. The summed E-state index contributed by atoms with van der Waals surface area (Å²) in [7, 11) is -3.79. The van der Waals surface area contributed by atoms with Crippen LogP contribution in [0.2, 0.25) is 0 Å². The average molecular weight is 361 g/mol. The van der Waals surface area contributed by atoms with E-state index >= 15 is 0 Å². The normalized spacial score (nSPS) is 11.4. The fourth-order valence-electron chi connectivity index (χ4n) is 2.67. The van der Waals surface area contributed by atoms with E-state index in [2.05, 4.69) is 13.8 Å². The first kappa shape index (κ1) is 19.5. The van der Waals surface area contributed by atoms with E-state index in [1.807, 2.05) is 24.3 Å². The highest BCUT2D eigenvalue weighted by Crippen LogP contribution is 2.20. The van der Waals surface area contributed by atoms with Gasteiger partial charge in [-0.15, -0.1) is 0 Å². The van der Waals surface area contributed by atoms with Crippen LogP contribution in [0.5, 0.6) is 5.75 Å². The minimum atomic E-state index is -3.79. The molecule has 0 fully saturated rings. The zero-order valence-electron chi connectivity index (χ0n) is 15.2. The van der Waals surface area contributed by atoms with Crippen LogP contribution in [-0.4, -0.2) is 8.42 Å². The molecular formula is C21H28O3S. The van der Waals surface area contributed by atoms with Gasteiger partial charge in [0, 0.05) is 0 Å². The first-order valence-electron chi connectivity index (χ1n) is 9.17. The third-order valence-electron chi connectivity index (χ3n) is 4.23. The molecule has 0 N–H and O–H groups in total. The molecule has 3 nitrogen and oxygen atoms in total. The summed E-state index contributed by atoms with van der Waals surface area (Å²) in [6, 6.07) is 14.3. The van der Waals surface area contributed by atoms with Gasteiger partial charge in [0.05, 0.1) is 0 Å². The monoisotopic (exact) mass is 360 g/mol. The summed E-state index contributed by atoms with van der Waals surface area (Å²) in [6.45, 7) is 4.32. The molecule has 0 atom stereocenters. The Balaban J connectivity index is 2.00. The molecule has 0 unspecified atom stereocenters. The van der Waals surface area contributed by atoms with Crippen molar-refractivity contribution >= 4 is 10.1 Å². The maximum atomic E-state index is 12.4. The van der Waals surface area contributed by atoms with Gasteiger partial charge in [0.1, 0.15) is 10.6 Å². The van der Waals surface area contributed by atoms with Gasteiger partial charge in [0.15, 0.2) is 0 Å². The molecule has 2 aromatic carbocycles. The Morgan fingerprint density at radius 2 is 1.24 bits per heavy atom. The van der Waals surface area contributed by atoms with E-state index < -0.39 is 10.1 Å². The van der Waals surface area contributed by atoms with Gasteiger partial charge in [-0.3, -0.25) is 0 Å². The molecule has 4 heteroatoms. The van der Waals surface area contributed by atoms with E-state index in [9.17, 15) is 8.42 Å². The minimum Gasteiger partial charge on any atom is -0.379 e. The van der Waals surface area contributed by atoms with E-state index in [1.54, 1.807) is 24.3 Å². The van der Waals surface area contributed by atoms with Crippen LogP contribution in [0.25, 0.3) is 0 Å². The van der Waals surface area contributed by atoms with Gasteiger partial charge in [-0.2, -0.15) is 8.42 Å². The molecule has 136 valence electrons. The molecule has 0 heterocycles. The fourth-order valence-corrected chi connectivity index (χ4v) is 3.60. The number of hydrogen-bond acceptors (Lipinski definition) is 3. The molecule has 25 heavy (non-hydrogen) atoms. The number of unbranched alkanes of at least 4 members (excludes halogenated alkanes) is 3. The molecule has 0 aliphatic rings. The van der Waals surface area contributed by atoms with Crippen LogP contribution >= 0.6 is 0 Å². The second kappa shape index (κ2) is 9.62. The van der Waals surface area contributed by atoms with Crippen molar-refractivity contribution in [1.82, 2.24) is 0 Å². The van der Waals surface area contributed by atoms with Crippen molar-refractivity contribution in [1.29, 1.82) is 0 Å². The fraction of sp³-hybridized carbons (Fsp3) is 0.429. The SMILES string of the molecule is CCCCCc1ccc(S(=O)(=O)Oc2ccc(CCCC)cc2)cc1. The summed E-state index contributed by atoms with van der Waals surface area (Å²) >= 11 is 0. The third kappa shape index (κ3) is 6.20. The molecule has 0 amide bonds. The van der Waals surface area contributed by atoms with Crippen LogP contribution in [0, 0.1) is 0 Å². The van der Waals surface area contributed by atoms with Crippen LogP contribution in [0.1, 0.15) is 57.1 Å². The lowest BCUT2D eigenvalue weighted by molar-refractivity contribution is 0.486. The standard InChI is InChI=1S/C21H28O3S/c1-3-5-7-9-19-12-16-21(17-13-19)25(22,23)24-20-14-10-18(11-15-20)8-6-4-2/h10-17H,3-9H2,1-2H3. The molecule has 2 rings (SSSR count). The number of aryl methyl sites for hydroxylation is 2. The van der Waals surface area contributed by atoms with Gasteiger partial charge in [0.2, 0.25) is 0 Å². The Bertz CT molecular complexity index is 732. The number of rotatable bonds is 10. The smallest absolute Gasteiger partial charge is 0.339 e. The van der Waals surface area contributed by atoms with Crippen molar-refractivity contribution in [3.05, 3.63) is 59.7 Å². The van der Waals surface area contributed by atoms with Gasteiger partial charge < -0.3 is 4.18 Å². The Morgan fingerprint density at radius 1 is 0.720 bits per heavy atom. The Morgan fingerprint density at radius 3 is 1.80 bits per heavy atom. The van der Waals surface area contributed by atoms with Gasteiger partial charge in [-0.25, -0.2) is 0 Å². The van der Waals surface area contributed by atoms with Gasteiger partial charge in [0.25, 0.3) is 0 Å². The lowest BCUT2D eigenvalue weighted by Gasteiger charge is -2.09. The first-order chi connectivity index (χ1) is 12.0. The van der Waals surface area contributed by atoms with Crippen molar-refractivity contribution in [2.75, 3.05) is 0 Å². The Kier molecular flexibility index (Phi) is 7.51. The summed E-state index contributed by atoms with van der Waals surface area (Å²) in [5, 5.41) is 0. The Hall–Kier alpha value is -1.81. The van der Waals surface area contributed by atoms with Crippen LogP contribution in [-0.2, 0) is 23.0 Å². The van der Waals surface area contributed by atoms with Crippen LogP contribution in [0.3, 0.4) is 0 Å². The maximum Gasteiger partial charge on any atom is 0.339 e. The van der Waals surface area contributed by atoms with Crippen LogP contribution < -0.4 is 4.18 Å². The maximum absolute atomic E-state index is 12.4. The largest absolute Gasteiger partial charge is 0.379 e. The van der Waals surface area contributed by atoms with Crippen molar-refractivity contribution in [3.63, 3.8) is 0 Å². The lowest BCUT2D eigenvalue weighted by Crippen LogP contribution is -2.09. The molecule has 2 aromatic rings. The Labute approximate surface area is 152 Å². The summed E-state index contributed by atoms with van der Waals surface area (Å²) in [6.07, 6.45) is 7.75. The minimum absolute atomic E-state index is 0.196. The van der Waals surface area contributed by atoms with Gasteiger partial charge in [-0.1, -0.05) is 57.4 Å². The second-order valence-corrected chi connectivity index (χ2v) is 7.93.